The maximum atomic E-state index is 12.2. The van der Waals surface area contributed by atoms with Crippen LogP contribution in [0.4, 0.5) is 0 Å². The average Bonchev–Trinajstić information content (AvgIpc) is 2.82. The van der Waals surface area contributed by atoms with Crippen LogP contribution >= 0.6 is 0 Å². The quantitative estimate of drug-likeness (QED) is 0.722. The van der Waals surface area contributed by atoms with Gasteiger partial charge in [-0.25, -0.2) is 4.68 Å². The van der Waals surface area contributed by atoms with Gasteiger partial charge in [-0.3, -0.25) is 9.36 Å². The summed E-state index contributed by atoms with van der Waals surface area (Å²) in [4.78, 5) is 12.2. The molecule has 21 heavy (non-hydrogen) atoms. The molecule has 0 bridgehead atoms. The fourth-order valence-corrected chi connectivity index (χ4v) is 2.64. The van der Waals surface area contributed by atoms with Crippen LogP contribution < -0.4 is 5.56 Å². The van der Waals surface area contributed by atoms with Gasteiger partial charge in [0.1, 0.15) is 12.2 Å². The van der Waals surface area contributed by atoms with Crippen molar-refractivity contribution >= 4 is 11.0 Å². The second-order valence-electron chi connectivity index (χ2n) is 4.94. The van der Waals surface area contributed by atoms with E-state index in [2.05, 4.69) is 5.10 Å². The van der Waals surface area contributed by atoms with Crippen LogP contribution in [0.3, 0.4) is 0 Å². The van der Waals surface area contributed by atoms with E-state index in [9.17, 15) is 4.79 Å². The summed E-state index contributed by atoms with van der Waals surface area (Å²) in [6.07, 6.45) is 0. The third kappa shape index (κ3) is 2.01. The number of benzene rings is 1. The van der Waals surface area contributed by atoms with Crippen LogP contribution in [0.2, 0.25) is 0 Å². The first-order valence-corrected chi connectivity index (χ1v) is 6.65. The summed E-state index contributed by atoms with van der Waals surface area (Å²) in [7, 11) is 0. The van der Waals surface area contributed by atoms with Gasteiger partial charge in [-0.1, -0.05) is 18.2 Å². The molecule has 0 unspecified atom stereocenters. The Hall–Kier alpha value is -2.87. The van der Waals surface area contributed by atoms with Crippen LogP contribution in [0.1, 0.15) is 11.3 Å². The van der Waals surface area contributed by atoms with E-state index < -0.39 is 0 Å². The highest BCUT2D eigenvalue weighted by atomic mass is 16.1. The molecule has 0 fully saturated rings. The molecule has 0 aliphatic rings. The highest BCUT2D eigenvalue weighted by Crippen LogP contribution is 2.23. The number of nitrogens with zero attached hydrogens (tertiary/aromatic N) is 4. The van der Waals surface area contributed by atoms with Gasteiger partial charge in [-0.15, -0.1) is 0 Å². The van der Waals surface area contributed by atoms with Crippen molar-refractivity contribution in [3.8, 4) is 11.8 Å². The van der Waals surface area contributed by atoms with E-state index >= 15 is 0 Å². The lowest BCUT2D eigenvalue weighted by Gasteiger charge is -2.09. The number of para-hydroxylation sites is 1. The highest BCUT2D eigenvalue weighted by molar-refractivity contribution is 5.83. The molecule has 0 aliphatic heterocycles. The zero-order chi connectivity index (χ0) is 15.0. The highest BCUT2D eigenvalue weighted by Gasteiger charge is 2.16. The lowest BCUT2D eigenvalue weighted by molar-refractivity contribution is 0.771. The largest absolute Gasteiger partial charge is 0.279 e. The standard InChI is InChI=1S/C16H14N4O/c1-11-10-14(21)19(9-8-17)16-15(11)12(2)18-20(16)13-6-4-3-5-7-13/h3-7,10H,9H2,1-2H3. The molecule has 5 heteroatoms. The van der Waals surface area contributed by atoms with Gasteiger partial charge in [0.2, 0.25) is 0 Å². The lowest BCUT2D eigenvalue weighted by Crippen LogP contribution is -2.21. The second kappa shape index (κ2) is 4.91. The number of aromatic nitrogens is 3. The fraction of sp³-hybridized carbons (Fsp3) is 0.188. The Labute approximate surface area is 121 Å². The molecule has 5 nitrogen and oxygen atoms in total. The number of fused-ring (bicyclic) bond motifs is 1. The van der Waals surface area contributed by atoms with E-state index in [0.29, 0.717) is 5.65 Å². The number of aryl methyl sites for hydroxylation is 2. The first kappa shape index (κ1) is 13.1. The van der Waals surface area contributed by atoms with Crippen LogP contribution in [0.15, 0.2) is 41.2 Å². The first-order valence-electron chi connectivity index (χ1n) is 6.65. The minimum Gasteiger partial charge on any atom is -0.279 e. The SMILES string of the molecule is Cc1cc(=O)n(CC#N)c2c1c(C)nn2-c1ccccc1. The minimum absolute atomic E-state index is 0.00752. The van der Waals surface area contributed by atoms with Gasteiger partial charge in [0.05, 0.1) is 17.5 Å². The molecule has 3 rings (SSSR count). The molecule has 0 radical (unpaired) electrons. The summed E-state index contributed by atoms with van der Waals surface area (Å²) in [5.41, 5.74) is 3.08. The van der Waals surface area contributed by atoms with Gasteiger partial charge in [0, 0.05) is 11.5 Å². The van der Waals surface area contributed by atoms with Gasteiger partial charge in [-0.2, -0.15) is 10.4 Å². The molecule has 104 valence electrons. The summed E-state index contributed by atoms with van der Waals surface area (Å²) in [6, 6.07) is 13.2. The molecule has 2 heterocycles. The molecule has 1 aromatic carbocycles. The monoisotopic (exact) mass is 278 g/mol. The second-order valence-corrected chi connectivity index (χ2v) is 4.94. The number of hydrogen-bond donors (Lipinski definition) is 0. The normalized spacial score (nSPS) is 10.7. The van der Waals surface area contributed by atoms with E-state index in [1.54, 1.807) is 10.7 Å². The van der Waals surface area contributed by atoms with Gasteiger partial charge >= 0.3 is 0 Å². The fourth-order valence-electron chi connectivity index (χ4n) is 2.64. The van der Waals surface area contributed by atoms with Crippen LogP contribution in [0.25, 0.3) is 16.7 Å². The Morgan fingerprint density at radius 3 is 2.62 bits per heavy atom. The Morgan fingerprint density at radius 2 is 1.95 bits per heavy atom. The maximum absolute atomic E-state index is 12.2. The van der Waals surface area contributed by atoms with Gasteiger partial charge in [0.15, 0.2) is 0 Å². The summed E-state index contributed by atoms with van der Waals surface area (Å²) in [6.45, 7) is 3.81. The van der Waals surface area contributed by atoms with Crippen molar-refractivity contribution in [2.24, 2.45) is 0 Å². The predicted molar refractivity (Wildman–Crippen MR) is 80.4 cm³/mol. The maximum Gasteiger partial charge on any atom is 0.253 e. The van der Waals surface area contributed by atoms with Crippen molar-refractivity contribution in [1.29, 1.82) is 5.26 Å². The Morgan fingerprint density at radius 1 is 1.24 bits per heavy atom. The third-order valence-corrected chi connectivity index (χ3v) is 3.52. The van der Waals surface area contributed by atoms with Crippen molar-refractivity contribution in [2.45, 2.75) is 20.4 Å². The van der Waals surface area contributed by atoms with Crippen LogP contribution in [-0.2, 0) is 6.54 Å². The molecule has 0 saturated heterocycles. The molecule has 3 aromatic rings. The van der Waals surface area contributed by atoms with E-state index in [-0.39, 0.29) is 12.1 Å². The zero-order valence-corrected chi connectivity index (χ0v) is 11.9. The summed E-state index contributed by atoms with van der Waals surface area (Å²) in [5.74, 6) is 0. The van der Waals surface area contributed by atoms with Crippen LogP contribution in [0.5, 0.6) is 0 Å². The third-order valence-electron chi connectivity index (χ3n) is 3.52. The van der Waals surface area contributed by atoms with E-state index in [4.69, 9.17) is 5.26 Å². The van der Waals surface area contributed by atoms with Crippen LogP contribution in [-0.4, -0.2) is 14.3 Å². The minimum atomic E-state index is -0.182. The predicted octanol–water partition coefficient (Wildman–Crippen LogP) is 2.33. The molecule has 0 spiro atoms. The van der Waals surface area contributed by atoms with Crippen molar-refractivity contribution in [3.63, 3.8) is 0 Å². The summed E-state index contributed by atoms with van der Waals surface area (Å²) >= 11 is 0. The molecule has 2 aromatic heterocycles. The molecule has 0 saturated carbocycles. The average molecular weight is 278 g/mol. The number of hydrogen-bond acceptors (Lipinski definition) is 3. The molecule has 0 atom stereocenters. The molecular weight excluding hydrogens is 264 g/mol. The Balaban J connectivity index is 2.48. The van der Waals surface area contributed by atoms with E-state index in [1.807, 2.05) is 50.2 Å². The lowest BCUT2D eigenvalue weighted by atomic mass is 10.1. The zero-order valence-electron chi connectivity index (χ0n) is 11.9. The molecular formula is C16H14N4O. The first-order chi connectivity index (χ1) is 10.1. The molecule has 0 N–H and O–H groups in total. The van der Waals surface area contributed by atoms with Crippen molar-refractivity contribution in [3.05, 3.63) is 58.0 Å². The Kier molecular flexibility index (Phi) is 3.07. The molecule has 0 amide bonds. The summed E-state index contributed by atoms with van der Waals surface area (Å²) in [5, 5.41) is 14.5. The van der Waals surface area contributed by atoms with E-state index in [0.717, 1.165) is 22.3 Å². The topological polar surface area (TPSA) is 63.6 Å². The van der Waals surface area contributed by atoms with Crippen LogP contribution in [0, 0.1) is 25.2 Å². The van der Waals surface area contributed by atoms with Crippen molar-refractivity contribution < 1.29 is 0 Å². The van der Waals surface area contributed by atoms with Gasteiger partial charge in [-0.05, 0) is 31.5 Å². The summed E-state index contributed by atoms with van der Waals surface area (Å²) < 4.78 is 3.20. The van der Waals surface area contributed by atoms with Gasteiger partial charge < -0.3 is 0 Å². The van der Waals surface area contributed by atoms with Gasteiger partial charge in [0.25, 0.3) is 5.56 Å². The van der Waals surface area contributed by atoms with E-state index in [1.165, 1.54) is 4.57 Å². The number of pyridine rings is 1. The molecule has 0 aliphatic carbocycles. The van der Waals surface area contributed by atoms with Crippen molar-refractivity contribution in [2.75, 3.05) is 0 Å². The van der Waals surface area contributed by atoms with Crippen molar-refractivity contribution in [1.82, 2.24) is 14.3 Å². The number of nitriles is 1. The number of rotatable bonds is 2. The Bertz CT molecular complexity index is 913. The smallest absolute Gasteiger partial charge is 0.253 e.